The summed E-state index contributed by atoms with van der Waals surface area (Å²) in [6.45, 7) is 1.55. The van der Waals surface area contributed by atoms with Crippen LogP contribution >= 0.6 is 0 Å². The van der Waals surface area contributed by atoms with Gasteiger partial charge in [0.15, 0.2) is 5.69 Å². The molecule has 8 nitrogen and oxygen atoms in total. The Morgan fingerprint density at radius 1 is 1.30 bits per heavy atom. The molecule has 8 heteroatoms. The van der Waals surface area contributed by atoms with E-state index in [1.807, 2.05) is 0 Å². The topological polar surface area (TPSA) is 115 Å². The van der Waals surface area contributed by atoms with Gasteiger partial charge in [-0.15, -0.1) is 10.2 Å². The molecule has 1 aromatic heterocycles. The number of nitro benzene ring substituents is 1. The number of hydrogen-bond donors (Lipinski definition) is 1. The van der Waals surface area contributed by atoms with E-state index < -0.39 is 10.9 Å². The second-order valence-corrected chi connectivity index (χ2v) is 3.82. The molecule has 0 radical (unpaired) electrons. The fourth-order valence-electron chi connectivity index (χ4n) is 1.51. The van der Waals surface area contributed by atoms with Gasteiger partial charge in [0.1, 0.15) is 5.75 Å². The molecule has 0 spiro atoms. The van der Waals surface area contributed by atoms with Crippen LogP contribution in [0.3, 0.4) is 0 Å². The molecule has 2 rings (SSSR count). The molecular formula is C12H9N3O5. The van der Waals surface area contributed by atoms with E-state index in [0.717, 1.165) is 0 Å². The van der Waals surface area contributed by atoms with E-state index in [1.54, 1.807) is 13.0 Å². The average Bonchev–Trinajstić information content (AvgIpc) is 2.41. The van der Waals surface area contributed by atoms with Crippen molar-refractivity contribution in [2.24, 2.45) is 0 Å². The summed E-state index contributed by atoms with van der Waals surface area (Å²) >= 11 is 0. The van der Waals surface area contributed by atoms with E-state index >= 15 is 0 Å². The molecule has 0 saturated heterocycles. The largest absolute Gasteiger partial charge is 0.476 e. The van der Waals surface area contributed by atoms with E-state index in [4.69, 9.17) is 9.84 Å². The number of carbonyl (C=O) groups is 1. The van der Waals surface area contributed by atoms with Crippen LogP contribution in [0.4, 0.5) is 5.69 Å². The van der Waals surface area contributed by atoms with E-state index in [2.05, 4.69) is 10.2 Å². The van der Waals surface area contributed by atoms with Crippen LogP contribution < -0.4 is 4.74 Å². The van der Waals surface area contributed by atoms with Crippen molar-refractivity contribution in [1.29, 1.82) is 0 Å². The molecule has 0 amide bonds. The van der Waals surface area contributed by atoms with Crippen molar-refractivity contribution in [2.75, 3.05) is 0 Å². The van der Waals surface area contributed by atoms with Crippen LogP contribution in [0.2, 0.25) is 0 Å². The lowest BCUT2D eigenvalue weighted by Gasteiger charge is -2.07. The van der Waals surface area contributed by atoms with Gasteiger partial charge in [-0.25, -0.2) is 4.79 Å². The van der Waals surface area contributed by atoms with Gasteiger partial charge in [-0.3, -0.25) is 10.1 Å². The Balaban J connectivity index is 2.28. The fourth-order valence-corrected chi connectivity index (χ4v) is 1.51. The van der Waals surface area contributed by atoms with Crippen molar-refractivity contribution < 1.29 is 19.6 Å². The SMILES string of the molecule is Cc1c(Oc2ccc(C(=O)O)nn2)cccc1[N+](=O)[O-]. The minimum absolute atomic E-state index is 0.0543. The van der Waals surface area contributed by atoms with Gasteiger partial charge in [-0.1, -0.05) is 6.07 Å². The molecule has 20 heavy (non-hydrogen) atoms. The zero-order chi connectivity index (χ0) is 14.7. The highest BCUT2D eigenvalue weighted by atomic mass is 16.6. The normalized spacial score (nSPS) is 10.1. The number of nitrogens with zero attached hydrogens (tertiary/aromatic N) is 3. The van der Waals surface area contributed by atoms with Crippen molar-refractivity contribution in [2.45, 2.75) is 6.92 Å². The summed E-state index contributed by atoms with van der Waals surface area (Å²) in [6.07, 6.45) is 0. The predicted molar refractivity (Wildman–Crippen MR) is 66.9 cm³/mol. The maximum atomic E-state index is 10.8. The number of ether oxygens (including phenoxy) is 1. The third-order valence-electron chi connectivity index (χ3n) is 2.53. The summed E-state index contributed by atoms with van der Waals surface area (Å²) in [4.78, 5) is 20.9. The Hall–Kier alpha value is -3.03. The Bertz CT molecular complexity index is 669. The molecule has 0 atom stereocenters. The number of benzene rings is 1. The van der Waals surface area contributed by atoms with Crippen molar-refractivity contribution in [1.82, 2.24) is 10.2 Å². The van der Waals surface area contributed by atoms with Crippen molar-refractivity contribution >= 4 is 11.7 Å². The maximum absolute atomic E-state index is 10.8. The Labute approximate surface area is 112 Å². The molecule has 0 unspecified atom stereocenters. The molecule has 0 aliphatic carbocycles. The molecule has 0 bridgehead atoms. The summed E-state index contributed by atoms with van der Waals surface area (Å²) in [5.41, 5.74) is 0.0624. The first kappa shape index (κ1) is 13.4. The molecular weight excluding hydrogens is 266 g/mol. The second kappa shape index (κ2) is 5.31. The zero-order valence-corrected chi connectivity index (χ0v) is 10.3. The lowest BCUT2D eigenvalue weighted by atomic mass is 10.2. The van der Waals surface area contributed by atoms with Crippen LogP contribution in [0.25, 0.3) is 0 Å². The Morgan fingerprint density at radius 2 is 2.05 bits per heavy atom. The summed E-state index contributed by atoms with van der Waals surface area (Å²) in [5, 5.41) is 26.5. The van der Waals surface area contributed by atoms with Crippen LogP contribution in [0.15, 0.2) is 30.3 Å². The number of nitro groups is 1. The first-order valence-corrected chi connectivity index (χ1v) is 5.48. The van der Waals surface area contributed by atoms with E-state index in [0.29, 0.717) is 5.56 Å². The number of carboxylic acids is 1. The number of carboxylic acid groups (broad SMARTS) is 1. The molecule has 1 heterocycles. The molecule has 0 fully saturated rings. The van der Waals surface area contributed by atoms with Crippen molar-refractivity contribution in [3.05, 3.63) is 51.7 Å². The summed E-state index contributed by atoms with van der Waals surface area (Å²) < 4.78 is 5.36. The predicted octanol–water partition coefficient (Wildman–Crippen LogP) is 2.18. The van der Waals surface area contributed by atoms with Crippen LogP contribution in [0, 0.1) is 17.0 Å². The quantitative estimate of drug-likeness (QED) is 0.671. The monoisotopic (exact) mass is 275 g/mol. The van der Waals surface area contributed by atoms with Crippen LogP contribution in [0.1, 0.15) is 16.1 Å². The van der Waals surface area contributed by atoms with E-state index in [1.165, 1.54) is 24.3 Å². The standard InChI is InChI=1S/C12H9N3O5/c1-7-9(15(18)19)3-2-4-10(7)20-11-6-5-8(12(16)17)13-14-11/h2-6H,1H3,(H,16,17). The van der Waals surface area contributed by atoms with Gasteiger partial charge in [0.05, 0.1) is 10.5 Å². The highest BCUT2D eigenvalue weighted by Crippen LogP contribution is 2.29. The second-order valence-electron chi connectivity index (χ2n) is 3.82. The lowest BCUT2D eigenvalue weighted by molar-refractivity contribution is -0.385. The molecule has 1 N–H and O–H groups in total. The minimum Gasteiger partial charge on any atom is -0.476 e. The number of aromatic carboxylic acids is 1. The minimum atomic E-state index is -1.20. The Kier molecular flexibility index (Phi) is 3.56. The maximum Gasteiger partial charge on any atom is 0.356 e. The van der Waals surface area contributed by atoms with Crippen LogP contribution in [-0.4, -0.2) is 26.2 Å². The van der Waals surface area contributed by atoms with Gasteiger partial charge < -0.3 is 9.84 Å². The van der Waals surface area contributed by atoms with Crippen LogP contribution in [-0.2, 0) is 0 Å². The summed E-state index contributed by atoms with van der Waals surface area (Å²) in [7, 11) is 0. The van der Waals surface area contributed by atoms with Gasteiger partial charge >= 0.3 is 5.97 Å². The number of aromatic nitrogens is 2. The zero-order valence-electron chi connectivity index (χ0n) is 10.3. The first-order valence-electron chi connectivity index (χ1n) is 5.48. The lowest BCUT2D eigenvalue weighted by Crippen LogP contribution is -2.02. The summed E-state index contributed by atoms with van der Waals surface area (Å²) in [5.74, 6) is -0.884. The molecule has 0 saturated carbocycles. The van der Waals surface area contributed by atoms with Gasteiger partial charge in [0.25, 0.3) is 5.69 Å². The van der Waals surface area contributed by atoms with Gasteiger partial charge in [-0.05, 0) is 19.1 Å². The highest BCUT2D eigenvalue weighted by Gasteiger charge is 2.15. The summed E-state index contributed by atoms with van der Waals surface area (Å²) in [6, 6.07) is 6.96. The van der Waals surface area contributed by atoms with Crippen molar-refractivity contribution in [3.8, 4) is 11.6 Å². The molecule has 2 aromatic rings. The van der Waals surface area contributed by atoms with Gasteiger partial charge in [0.2, 0.25) is 5.88 Å². The molecule has 1 aromatic carbocycles. The molecule has 102 valence electrons. The highest BCUT2D eigenvalue weighted by molar-refractivity contribution is 5.84. The Morgan fingerprint density at radius 3 is 2.60 bits per heavy atom. The number of hydrogen-bond acceptors (Lipinski definition) is 6. The van der Waals surface area contributed by atoms with E-state index in [-0.39, 0.29) is 23.0 Å². The third kappa shape index (κ3) is 2.69. The van der Waals surface area contributed by atoms with Gasteiger partial charge in [0, 0.05) is 12.1 Å². The third-order valence-corrected chi connectivity index (χ3v) is 2.53. The smallest absolute Gasteiger partial charge is 0.356 e. The van der Waals surface area contributed by atoms with Crippen molar-refractivity contribution in [3.63, 3.8) is 0 Å². The fraction of sp³-hybridized carbons (Fsp3) is 0.0833. The molecule has 0 aliphatic heterocycles. The van der Waals surface area contributed by atoms with Crippen LogP contribution in [0.5, 0.6) is 11.6 Å². The number of rotatable bonds is 4. The first-order chi connectivity index (χ1) is 9.49. The van der Waals surface area contributed by atoms with E-state index in [9.17, 15) is 14.9 Å². The average molecular weight is 275 g/mol. The molecule has 0 aliphatic rings. The van der Waals surface area contributed by atoms with Gasteiger partial charge in [-0.2, -0.15) is 0 Å².